The van der Waals surface area contributed by atoms with Crippen molar-refractivity contribution in [2.45, 2.75) is 71.2 Å². The third kappa shape index (κ3) is 6.29. The van der Waals surface area contributed by atoms with Crippen molar-refractivity contribution in [2.75, 3.05) is 13.2 Å². The number of esters is 1. The number of amides is 1. The molecule has 0 saturated carbocycles. The minimum atomic E-state index is -0.640. The van der Waals surface area contributed by atoms with Crippen LogP contribution in [0.4, 0.5) is 4.79 Å². The highest BCUT2D eigenvalue weighted by Gasteiger charge is 2.34. The fraction of sp³-hybridized carbons (Fsp3) is 0.565. The van der Waals surface area contributed by atoms with Gasteiger partial charge in [-0.1, -0.05) is 30.3 Å². The summed E-state index contributed by atoms with van der Waals surface area (Å²) < 4.78 is 18.4. The first-order valence-corrected chi connectivity index (χ1v) is 11.0. The van der Waals surface area contributed by atoms with E-state index in [1.165, 1.54) is 0 Å². The molecule has 3 rings (SSSR count). The van der Waals surface area contributed by atoms with Crippen molar-refractivity contribution >= 4 is 12.1 Å². The lowest BCUT2D eigenvalue weighted by Crippen LogP contribution is -2.38. The summed E-state index contributed by atoms with van der Waals surface area (Å²) in [7, 11) is 0. The normalized spacial score (nSPS) is 16.7. The molecule has 0 aliphatic carbocycles. The molecule has 2 unspecified atom stereocenters. The van der Waals surface area contributed by atoms with Crippen molar-refractivity contribution in [1.82, 2.24) is 20.1 Å². The van der Waals surface area contributed by atoms with Gasteiger partial charge in [0.1, 0.15) is 23.4 Å². The van der Waals surface area contributed by atoms with E-state index >= 15 is 0 Å². The van der Waals surface area contributed by atoms with Crippen LogP contribution in [0.25, 0.3) is 0 Å². The van der Waals surface area contributed by atoms with Gasteiger partial charge in [-0.2, -0.15) is 0 Å². The van der Waals surface area contributed by atoms with Crippen LogP contribution in [0, 0.1) is 0 Å². The van der Waals surface area contributed by atoms with Gasteiger partial charge >= 0.3 is 12.1 Å². The number of benzene rings is 1. The molecule has 0 bridgehead atoms. The SMILES string of the molecule is CCOC(=O)C1CCCn2c(C(COCc3ccccc3)NC(=O)OC(C)(C)C)nnc21. The zero-order valence-electron chi connectivity index (χ0n) is 19.2. The largest absolute Gasteiger partial charge is 0.465 e. The Morgan fingerprint density at radius 3 is 2.66 bits per heavy atom. The monoisotopic (exact) mass is 444 g/mol. The number of nitrogens with one attached hydrogen (secondary N) is 1. The van der Waals surface area contributed by atoms with Crippen molar-refractivity contribution in [3.8, 4) is 0 Å². The maximum atomic E-state index is 12.5. The molecule has 0 fully saturated rings. The first kappa shape index (κ1) is 23.7. The number of alkyl carbamates (subject to hydrolysis) is 1. The van der Waals surface area contributed by atoms with Crippen LogP contribution in [0.1, 0.15) is 69.7 Å². The summed E-state index contributed by atoms with van der Waals surface area (Å²) in [4.78, 5) is 24.9. The number of fused-ring (bicyclic) bond motifs is 1. The average Bonchev–Trinajstić information content (AvgIpc) is 3.17. The summed E-state index contributed by atoms with van der Waals surface area (Å²) in [6.45, 7) is 8.71. The van der Waals surface area contributed by atoms with Gasteiger partial charge in [-0.3, -0.25) is 4.79 Å². The van der Waals surface area contributed by atoms with Gasteiger partial charge in [0.15, 0.2) is 5.82 Å². The summed E-state index contributed by atoms with van der Waals surface area (Å²) in [5, 5.41) is 11.5. The lowest BCUT2D eigenvalue weighted by molar-refractivity contribution is -0.145. The molecule has 1 aromatic heterocycles. The van der Waals surface area contributed by atoms with Gasteiger partial charge in [0.05, 0.1) is 19.8 Å². The molecule has 2 aromatic rings. The zero-order valence-corrected chi connectivity index (χ0v) is 19.2. The fourth-order valence-corrected chi connectivity index (χ4v) is 3.62. The molecule has 2 heterocycles. The number of carbonyl (C=O) groups excluding carboxylic acids is 2. The van der Waals surface area contributed by atoms with Gasteiger partial charge in [-0.25, -0.2) is 4.79 Å². The number of ether oxygens (including phenoxy) is 3. The summed E-state index contributed by atoms with van der Waals surface area (Å²) in [5.74, 6) is 0.332. The van der Waals surface area contributed by atoms with E-state index < -0.39 is 23.7 Å². The maximum Gasteiger partial charge on any atom is 0.408 e. The molecule has 1 N–H and O–H groups in total. The van der Waals surface area contributed by atoms with Crippen LogP contribution in [-0.4, -0.2) is 45.6 Å². The molecule has 1 aliphatic rings. The van der Waals surface area contributed by atoms with Gasteiger partial charge in [0.2, 0.25) is 0 Å². The van der Waals surface area contributed by atoms with E-state index in [0.717, 1.165) is 12.0 Å². The third-order valence-electron chi connectivity index (χ3n) is 4.96. The first-order valence-electron chi connectivity index (χ1n) is 11.0. The van der Waals surface area contributed by atoms with Crippen molar-refractivity contribution in [3.05, 3.63) is 47.5 Å². The second-order valence-electron chi connectivity index (χ2n) is 8.71. The summed E-state index contributed by atoms with van der Waals surface area (Å²) in [6, 6.07) is 9.19. The maximum absolute atomic E-state index is 12.5. The van der Waals surface area contributed by atoms with Crippen molar-refractivity contribution < 1.29 is 23.8 Å². The Balaban J connectivity index is 1.79. The van der Waals surface area contributed by atoms with E-state index in [0.29, 0.717) is 37.8 Å². The van der Waals surface area contributed by atoms with Gasteiger partial charge in [0.25, 0.3) is 0 Å². The van der Waals surface area contributed by atoms with Crippen LogP contribution < -0.4 is 5.32 Å². The van der Waals surface area contributed by atoms with E-state index in [1.807, 2.05) is 34.9 Å². The van der Waals surface area contributed by atoms with Crippen LogP contribution >= 0.6 is 0 Å². The molecule has 1 aliphatic heterocycles. The number of nitrogens with zero attached hydrogens (tertiary/aromatic N) is 3. The van der Waals surface area contributed by atoms with Crippen LogP contribution in [0.3, 0.4) is 0 Å². The van der Waals surface area contributed by atoms with E-state index in [1.54, 1.807) is 27.7 Å². The van der Waals surface area contributed by atoms with Crippen LogP contribution in [0.15, 0.2) is 30.3 Å². The zero-order chi connectivity index (χ0) is 23.1. The number of hydrogen-bond acceptors (Lipinski definition) is 7. The van der Waals surface area contributed by atoms with Crippen molar-refractivity contribution in [2.24, 2.45) is 0 Å². The predicted molar refractivity (Wildman–Crippen MR) is 117 cm³/mol. The second-order valence-corrected chi connectivity index (χ2v) is 8.71. The third-order valence-corrected chi connectivity index (χ3v) is 4.96. The highest BCUT2D eigenvalue weighted by Crippen LogP contribution is 2.29. The highest BCUT2D eigenvalue weighted by atomic mass is 16.6. The number of rotatable bonds is 8. The topological polar surface area (TPSA) is 105 Å². The molecule has 32 heavy (non-hydrogen) atoms. The van der Waals surface area contributed by atoms with Gasteiger partial charge < -0.3 is 24.1 Å². The summed E-state index contributed by atoms with van der Waals surface area (Å²) >= 11 is 0. The summed E-state index contributed by atoms with van der Waals surface area (Å²) in [6.07, 6.45) is 0.873. The van der Waals surface area contributed by atoms with E-state index in [2.05, 4.69) is 15.5 Å². The van der Waals surface area contributed by atoms with Crippen molar-refractivity contribution in [3.63, 3.8) is 0 Å². The van der Waals surface area contributed by atoms with E-state index in [-0.39, 0.29) is 12.6 Å². The Morgan fingerprint density at radius 1 is 1.22 bits per heavy atom. The molecule has 1 aromatic carbocycles. The standard InChI is InChI=1S/C23H32N4O5/c1-5-31-21(28)17-12-9-13-27-19(17)25-26-20(27)18(24-22(29)32-23(2,3)4)15-30-14-16-10-7-6-8-11-16/h6-8,10-11,17-18H,5,9,12-15H2,1-4H3,(H,24,29). The van der Waals surface area contributed by atoms with E-state index in [4.69, 9.17) is 14.2 Å². The fourth-order valence-electron chi connectivity index (χ4n) is 3.62. The Labute approximate surface area is 188 Å². The minimum Gasteiger partial charge on any atom is -0.465 e. The van der Waals surface area contributed by atoms with Crippen LogP contribution in [0.5, 0.6) is 0 Å². The molecule has 174 valence electrons. The number of aromatic nitrogens is 3. The lowest BCUT2D eigenvalue weighted by atomic mass is 9.99. The van der Waals surface area contributed by atoms with Gasteiger partial charge in [-0.15, -0.1) is 10.2 Å². The number of hydrogen-bond donors (Lipinski definition) is 1. The van der Waals surface area contributed by atoms with Gasteiger partial charge in [0, 0.05) is 6.54 Å². The molecule has 1 amide bonds. The molecule has 9 nitrogen and oxygen atoms in total. The molecule has 0 saturated heterocycles. The predicted octanol–water partition coefficient (Wildman–Crippen LogP) is 3.50. The Hall–Kier alpha value is -2.94. The van der Waals surface area contributed by atoms with Crippen LogP contribution in [-0.2, 0) is 32.2 Å². The first-order chi connectivity index (χ1) is 15.3. The molecule has 0 spiro atoms. The number of carbonyl (C=O) groups is 2. The Morgan fingerprint density at radius 2 is 1.97 bits per heavy atom. The van der Waals surface area contributed by atoms with Crippen LogP contribution in [0.2, 0.25) is 0 Å². The highest BCUT2D eigenvalue weighted by molar-refractivity contribution is 5.77. The molecular weight excluding hydrogens is 412 g/mol. The average molecular weight is 445 g/mol. The lowest BCUT2D eigenvalue weighted by Gasteiger charge is -2.26. The molecule has 0 radical (unpaired) electrons. The van der Waals surface area contributed by atoms with Gasteiger partial charge in [-0.05, 0) is 46.1 Å². The summed E-state index contributed by atoms with van der Waals surface area (Å²) in [5.41, 5.74) is 0.382. The molecule has 2 atom stereocenters. The smallest absolute Gasteiger partial charge is 0.408 e. The van der Waals surface area contributed by atoms with Crippen molar-refractivity contribution in [1.29, 1.82) is 0 Å². The quantitative estimate of drug-likeness (QED) is 0.621. The Kier molecular flexibility index (Phi) is 7.84. The Bertz CT molecular complexity index is 907. The molecule has 9 heteroatoms. The second kappa shape index (κ2) is 10.6. The molecular formula is C23H32N4O5. The van der Waals surface area contributed by atoms with E-state index in [9.17, 15) is 9.59 Å². The minimum absolute atomic E-state index is 0.177.